The van der Waals surface area contributed by atoms with Crippen molar-refractivity contribution >= 4 is 11.8 Å². The maximum atomic E-state index is 14.2. The minimum Gasteiger partial charge on any atom is -0.497 e. The zero-order valence-corrected chi connectivity index (χ0v) is 25.6. The Morgan fingerprint density at radius 1 is 1.00 bits per heavy atom. The molecule has 43 heavy (non-hydrogen) atoms. The van der Waals surface area contributed by atoms with Crippen LogP contribution in [0.4, 0.5) is 0 Å². The first-order chi connectivity index (χ1) is 20.5. The van der Waals surface area contributed by atoms with E-state index in [0.29, 0.717) is 28.7 Å². The van der Waals surface area contributed by atoms with Crippen LogP contribution in [0.3, 0.4) is 0 Å². The number of ether oxygens (including phenoxy) is 3. The number of methoxy groups -OCH3 is 3. The van der Waals surface area contributed by atoms with Gasteiger partial charge in [-0.25, -0.2) is 4.68 Å². The van der Waals surface area contributed by atoms with Gasteiger partial charge in [-0.15, -0.1) is 5.10 Å². The second-order valence-electron chi connectivity index (χ2n) is 12.4. The summed E-state index contributed by atoms with van der Waals surface area (Å²) in [7, 11) is 4.73. The highest BCUT2D eigenvalue weighted by molar-refractivity contribution is 5.90. The lowest BCUT2D eigenvalue weighted by molar-refractivity contribution is -0.144. The average Bonchev–Trinajstić information content (AvgIpc) is 3.60. The first-order valence-electron chi connectivity index (χ1n) is 14.6. The number of hydrogen-bond acceptors (Lipinski definition) is 8. The van der Waals surface area contributed by atoms with Crippen molar-refractivity contribution < 1.29 is 28.9 Å². The standard InChI is InChI=1S/C32H41N5O6/c1-32(2,3)29(37-18-25(34-35-37)19-7-8-19)31(40)36-17-21(38)15-26(36)30(39)33-28(20-9-11-22(41-4)12-10-20)24-14-13-23(42-5)16-27(24)43-6/h9-14,16,18-19,21,26,28-29,38H,7-8,15,17H2,1-6H3,(H,33,39)/t21-,26+,28?,29-/m1/s1. The molecule has 1 aliphatic carbocycles. The van der Waals surface area contributed by atoms with Crippen LogP contribution in [-0.2, 0) is 9.59 Å². The minimum absolute atomic E-state index is 0.0484. The summed E-state index contributed by atoms with van der Waals surface area (Å²) in [5, 5.41) is 22.5. The molecular formula is C32H41N5O6. The number of hydrogen-bond donors (Lipinski definition) is 2. The normalized spacial score (nSPS) is 19.9. The lowest BCUT2D eigenvalue weighted by Crippen LogP contribution is -2.51. The molecular weight excluding hydrogens is 550 g/mol. The molecule has 1 aliphatic heterocycles. The number of carbonyl (C=O) groups is 2. The fourth-order valence-corrected chi connectivity index (χ4v) is 5.76. The Morgan fingerprint density at radius 2 is 1.67 bits per heavy atom. The topological polar surface area (TPSA) is 128 Å². The van der Waals surface area contributed by atoms with Crippen LogP contribution in [0, 0.1) is 5.41 Å². The maximum Gasteiger partial charge on any atom is 0.248 e. The van der Waals surface area contributed by atoms with Gasteiger partial charge in [0.2, 0.25) is 11.8 Å². The summed E-state index contributed by atoms with van der Waals surface area (Å²) < 4.78 is 18.0. The number of carbonyl (C=O) groups excluding carboxylic acids is 2. The molecule has 2 amide bonds. The van der Waals surface area contributed by atoms with Crippen LogP contribution in [0.25, 0.3) is 0 Å². The quantitative estimate of drug-likeness (QED) is 0.366. The number of rotatable bonds is 10. The van der Waals surface area contributed by atoms with Gasteiger partial charge in [0.1, 0.15) is 29.3 Å². The number of β-amino-alcohol motifs (C(OH)–C–C–N with tert-alkyl or cyclic N) is 1. The largest absolute Gasteiger partial charge is 0.497 e. The molecule has 2 fully saturated rings. The van der Waals surface area contributed by atoms with Gasteiger partial charge in [0, 0.05) is 36.7 Å². The smallest absolute Gasteiger partial charge is 0.248 e. The molecule has 3 aromatic rings. The summed E-state index contributed by atoms with van der Waals surface area (Å²) in [5.74, 6) is 1.55. The average molecular weight is 592 g/mol. The Kier molecular flexibility index (Phi) is 8.64. The zero-order chi connectivity index (χ0) is 30.9. The second kappa shape index (κ2) is 12.2. The summed E-state index contributed by atoms with van der Waals surface area (Å²) in [6, 6.07) is 10.6. The second-order valence-corrected chi connectivity index (χ2v) is 12.4. The van der Waals surface area contributed by atoms with E-state index in [0.717, 1.165) is 24.1 Å². The molecule has 2 aliphatic rings. The van der Waals surface area contributed by atoms with Gasteiger partial charge in [-0.2, -0.15) is 0 Å². The Balaban J connectivity index is 1.46. The summed E-state index contributed by atoms with van der Waals surface area (Å²) in [6.45, 7) is 5.94. The van der Waals surface area contributed by atoms with Crippen molar-refractivity contribution in [2.75, 3.05) is 27.9 Å². The fraction of sp³-hybridized carbons (Fsp3) is 0.500. The van der Waals surface area contributed by atoms with Gasteiger partial charge >= 0.3 is 0 Å². The summed E-state index contributed by atoms with van der Waals surface area (Å²) >= 11 is 0. The number of aromatic nitrogens is 3. The highest BCUT2D eigenvalue weighted by Gasteiger charge is 2.46. The molecule has 0 spiro atoms. The van der Waals surface area contributed by atoms with Crippen molar-refractivity contribution in [2.24, 2.45) is 5.41 Å². The van der Waals surface area contributed by atoms with E-state index in [9.17, 15) is 14.7 Å². The molecule has 1 saturated carbocycles. The number of likely N-dealkylation sites (tertiary alicyclic amines) is 1. The van der Waals surface area contributed by atoms with Crippen molar-refractivity contribution in [1.82, 2.24) is 25.2 Å². The van der Waals surface area contributed by atoms with Crippen molar-refractivity contribution in [3.05, 3.63) is 65.5 Å². The predicted molar refractivity (Wildman–Crippen MR) is 159 cm³/mol. The van der Waals surface area contributed by atoms with Gasteiger partial charge in [-0.05, 0) is 48.1 Å². The molecule has 4 atom stereocenters. The SMILES string of the molecule is COc1ccc(C(NC(=O)[C@@H]2C[C@@H](O)CN2C(=O)[C@@H](n2cc(C3CC3)nn2)C(C)(C)C)c2ccc(OC)cc2OC)cc1. The van der Waals surface area contributed by atoms with Crippen LogP contribution in [0.5, 0.6) is 17.2 Å². The lowest BCUT2D eigenvalue weighted by Gasteiger charge is -2.35. The van der Waals surface area contributed by atoms with Crippen molar-refractivity contribution in [1.29, 1.82) is 0 Å². The number of aliphatic hydroxyl groups excluding tert-OH is 1. The third-order valence-electron chi connectivity index (χ3n) is 8.19. The maximum absolute atomic E-state index is 14.2. The van der Waals surface area contributed by atoms with E-state index in [1.807, 2.05) is 57.3 Å². The number of nitrogens with zero attached hydrogens (tertiary/aromatic N) is 4. The minimum atomic E-state index is -0.885. The first-order valence-corrected chi connectivity index (χ1v) is 14.6. The predicted octanol–water partition coefficient (Wildman–Crippen LogP) is 3.64. The summed E-state index contributed by atoms with van der Waals surface area (Å²) in [6.07, 6.45) is 3.27. The van der Waals surface area contributed by atoms with E-state index in [1.165, 1.54) is 4.90 Å². The fourth-order valence-electron chi connectivity index (χ4n) is 5.76. The molecule has 1 saturated heterocycles. The van der Waals surface area contributed by atoms with E-state index >= 15 is 0 Å². The molecule has 1 unspecified atom stereocenters. The third-order valence-corrected chi connectivity index (χ3v) is 8.19. The Bertz CT molecular complexity index is 1450. The Morgan fingerprint density at radius 3 is 2.28 bits per heavy atom. The van der Waals surface area contributed by atoms with Gasteiger partial charge in [0.15, 0.2) is 0 Å². The van der Waals surface area contributed by atoms with Crippen molar-refractivity contribution in [3.63, 3.8) is 0 Å². The Hall–Kier alpha value is -4.12. The van der Waals surface area contributed by atoms with E-state index < -0.39 is 29.6 Å². The number of amides is 2. The zero-order valence-electron chi connectivity index (χ0n) is 25.6. The van der Waals surface area contributed by atoms with Gasteiger partial charge in [-0.3, -0.25) is 9.59 Å². The van der Waals surface area contributed by atoms with Gasteiger partial charge in [-0.1, -0.05) is 38.1 Å². The third kappa shape index (κ3) is 6.46. The highest BCUT2D eigenvalue weighted by atomic mass is 16.5. The van der Waals surface area contributed by atoms with Gasteiger partial charge in [0.05, 0.1) is 39.2 Å². The summed E-state index contributed by atoms with van der Waals surface area (Å²) in [4.78, 5) is 29.8. The molecule has 0 bridgehead atoms. The van der Waals surface area contributed by atoms with E-state index in [2.05, 4.69) is 15.6 Å². The molecule has 230 valence electrons. The molecule has 0 radical (unpaired) electrons. The Labute approximate surface area is 252 Å². The van der Waals surface area contributed by atoms with Crippen LogP contribution in [0.2, 0.25) is 0 Å². The van der Waals surface area contributed by atoms with Crippen molar-refractivity contribution in [2.45, 2.75) is 70.2 Å². The van der Waals surface area contributed by atoms with E-state index in [1.54, 1.807) is 38.1 Å². The van der Waals surface area contributed by atoms with Gasteiger partial charge < -0.3 is 29.5 Å². The van der Waals surface area contributed by atoms with E-state index in [4.69, 9.17) is 14.2 Å². The molecule has 2 N–H and O–H groups in total. The monoisotopic (exact) mass is 591 g/mol. The number of benzene rings is 2. The van der Waals surface area contributed by atoms with Crippen LogP contribution >= 0.6 is 0 Å². The van der Waals surface area contributed by atoms with Crippen molar-refractivity contribution in [3.8, 4) is 17.2 Å². The highest BCUT2D eigenvalue weighted by Crippen LogP contribution is 2.41. The first kappa shape index (κ1) is 30.3. The van der Waals surface area contributed by atoms with Crippen LogP contribution in [0.15, 0.2) is 48.7 Å². The lowest BCUT2D eigenvalue weighted by atomic mass is 9.85. The molecule has 2 aromatic carbocycles. The molecule has 11 nitrogen and oxygen atoms in total. The van der Waals surface area contributed by atoms with Crippen LogP contribution < -0.4 is 19.5 Å². The molecule has 11 heteroatoms. The summed E-state index contributed by atoms with van der Waals surface area (Å²) in [5.41, 5.74) is 1.86. The van der Waals surface area contributed by atoms with Gasteiger partial charge in [0.25, 0.3) is 0 Å². The molecule has 2 heterocycles. The number of nitrogens with one attached hydrogen (secondary N) is 1. The van der Waals surface area contributed by atoms with Crippen LogP contribution in [-0.4, -0.2) is 76.8 Å². The number of aliphatic hydroxyl groups is 1. The molecule has 1 aromatic heterocycles. The van der Waals surface area contributed by atoms with E-state index in [-0.39, 0.29) is 24.8 Å². The van der Waals surface area contributed by atoms with Crippen LogP contribution in [0.1, 0.15) is 74.9 Å². The molecule has 5 rings (SSSR count).